The second-order valence-electron chi connectivity index (χ2n) is 4.26. The Bertz CT molecular complexity index is 654. The lowest BCUT2D eigenvalue weighted by atomic mass is 10.2. The third-order valence-electron chi connectivity index (χ3n) is 2.71. The van der Waals surface area contributed by atoms with Crippen molar-refractivity contribution in [1.82, 2.24) is 19.5 Å². The van der Waals surface area contributed by atoms with Crippen LogP contribution in [0.5, 0.6) is 0 Å². The number of aliphatic hydroxyl groups is 1. The van der Waals surface area contributed by atoms with E-state index in [2.05, 4.69) is 14.8 Å². The summed E-state index contributed by atoms with van der Waals surface area (Å²) < 4.78 is 28.3. The summed E-state index contributed by atoms with van der Waals surface area (Å²) in [5.74, 6) is 0. The van der Waals surface area contributed by atoms with Gasteiger partial charge in [0.1, 0.15) is 4.90 Å². The molecular weight excluding hydrogens is 280 g/mol. The number of sulfonamides is 1. The Morgan fingerprint density at radius 1 is 1.45 bits per heavy atom. The predicted octanol–water partition coefficient (Wildman–Crippen LogP) is 0.310. The van der Waals surface area contributed by atoms with Gasteiger partial charge in [0.15, 0.2) is 0 Å². The fourth-order valence-electron chi connectivity index (χ4n) is 1.70. The number of nitrogens with zero attached hydrogens (tertiary/aromatic N) is 3. The smallest absolute Gasteiger partial charge is 0.244 e. The van der Waals surface area contributed by atoms with E-state index in [0.717, 1.165) is 0 Å². The number of pyridine rings is 1. The van der Waals surface area contributed by atoms with Crippen molar-refractivity contribution in [3.8, 4) is 0 Å². The lowest BCUT2D eigenvalue weighted by Gasteiger charge is -2.12. The van der Waals surface area contributed by atoms with Crippen LogP contribution >= 0.6 is 0 Å². The van der Waals surface area contributed by atoms with Crippen molar-refractivity contribution in [2.24, 2.45) is 0 Å². The van der Waals surface area contributed by atoms with Crippen LogP contribution in [0.2, 0.25) is 0 Å². The zero-order valence-electron chi connectivity index (χ0n) is 11.0. The average Bonchev–Trinajstić information content (AvgIpc) is 2.89. The topological polar surface area (TPSA) is 97.1 Å². The summed E-state index contributed by atoms with van der Waals surface area (Å²) in [5.41, 5.74) is 0.638. The van der Waals surface area contributed by atoms with E-state index in [1.807, 2.05) is 0 Å². The molecule has 0 fully saturated rings. The molecule has 0 saturated heterocycles. The highest BCUT2D eigenvalue weighted by Crippen LogP contribution is 2.14. The number of rotatable bonds is 6. The summed E-state index contributed by atoms with van der Waals surface area (Å²) in [6.45, 7) is 1.88. The lowest BCUT2D eigenvalue weighted by molar-refractivity contribution is 0.269. The Labute approximate surface area is 117 Å². The summed E-state index contributed by atoms with van der Waals surface area (Å²) in [4.78, 5) is 4.17. The maximum absolute atomic E-state index is 12.2. The fraction of sp³-hybridized carbons (Fsp3) is 0.333. The predicted molar refractivity (Wildman–Crippen MR) is 72.3 cm³/mol. The van der Waals surface area contributed by atoms with Gasteiger partial charge in [-0.05, 0) is 19.1 Å². The van der Waals surface area contributed by atoms with Crippen LogP contribution in [0.15, 0.2) is 41.7 Å². The Balaban J connectivity index is 2.14. The first-order valence-corrected chi connectivity index (χ1v) is 7.58. The quantitative estimate of drug-likeness (QED) is 0.799. The molecule has 20 heavy (non-hydrogen) atoms. The monoisotopic (exact) mass is 296 g/mol. The molecule has 2 N–H and O–H groups in total. The van der Waals surface area contributed by atoms with Crippen LogP contribution in [0, 0.1) is 0 Å². The van der Waals surface area contributed by atoms with Gasteiger partial charge in [0.25, 0.3) is 0 Å². The molecule has 0 spiro atoms. The number of hydrogen-bond donors (Lipinski definition) is 2. The number of nitrogens with one attached hydrogen (secondary N) is 1. The maximum atomic E-state index is 12.2. The molecule has 1 unspecified atom stereocenters. The summed E-state index contributed by atoms with van der Waals surface area (Å²) >= 11 is 0. The molecule has 0 radical (unpaired) electrons. The van der Waals surface area contributed by atoms with Gasteiger partial charge in [-0.1, -0.05) is 6.07 Å². The van der Waals surface area contributed by atoms with E-state index in [1.165, 1.54) is 17.1 Å². The summed E-state index contributed by atoms with van der Waals surface area (Å²) in [7, 11) is -3.66. The minimum Gasteiger partial charge on any atom is -0.394 e. The van der Waals surface area contributed by atoms with Crippen molar-refractivity contribution < 1.29 is 13.5 Å². The first-order chi connectivity index (χ1) is 9.53. The number of aromatic nitrogens is 3. The van der Waals surface area contributed by atoms with Crippen molar-refractivity contribution in [3.05, 3.63) is 42.5 Å². The van der Waals surface area contributed by atoms with Gasteiger partial charge in [-0.15, -0.1) is 0 Å². The van der Waals surface area contributed by atoms with Gasteiger partial charge in [-0.2, -0.15) is 5.10 Å². The zero-order valence-corrected chi connectivity index (χ0v) is 11.8. The van der Waals surface area contributed by atoms with E-state index in [9.17, 15) is 8.42 Å². The first kappa shape index (κ1) is 14.6. The van der Waals surface area contributed by atoms with Crippen LogP contribution in [-0.4, -0.2) is 34.9 Å². The molecule has 0 aliphatic carbocycles. The molecule has 0 aliphatic rings. The van der Waals surface area contributed by atoms with Gasteiger partial charge in [0.2, 0.25) is 10.0 Å². The van der Waals surface area contributed by atoms with Gasteiger partial charge in [-0.3, -0.25) is 9.67 Å². The van der Waals surface area contributed by atoms with Gasteiger partial charge in [0.05, 0.1) is 31.1 Å². The Morgan fingerprint density at radius 2 is 2.25 bits per heavy atom. The Morgan fingerprint density at radius 3 is 2.90 bits per heavy atom. The average molecular weight is 296 g/mol. The summed E-state index contributed by atoms with van der Waals surface area (Å²) in [6, 6.07) is 4.88. The van der Waals surface area contributed by atoms with Crippen molar-refractivity contribution >= 4 is 10.0 Å². The molecule has 2 heterocycles. The molecule has 108 valence electrons. The highest BCUT2D eigenvalue weighted by Gasteiger charge is 2.20. The molecule has 2 aromatic heterocycles. The molecule has 8 heteroatoms. The molecule has 7 nitrogen and oxygen atoms in total. The molecule has 0 amide bonds. The highest BCUT2D eigenvalue weighted by molar-refractivity contribution is 7.89. The Kier molecular flexibility index (Phi) is 4.48. The molecular formula is C12H16N4O3S. The van der Waals surface area contributed by atoms with Gasteiger partial charge < -0.3 is 5.11 Å². The maximum Gasteiger partial charge on any atom is 0.244 e. The van der Waals surface area contributed by atoms with Crippen molar-refractivity contribution in [2.45, 2.75) is 24.4 Å². The van der Waals surface area contributed by atoms with Gasteiger partial charge >= 0.3 is 0 Å². The minimum absolute atomic E-state index is 0.0636. The fourth-order valence-corrected chi connectivity index (χ4v) is 2.87. The Hall–Kier alpha value is -1.77. The van der Waals surface area contributed by atoms with E-state index < -0.39 is 16.1 Å². The van der Waals surface area contributed by atoms with Gasteiger partial charge in [-0.25, -0.2) is 13.1 Å². The van der Waals surface area contributed by atoms with Crippen molar-refractivity contribution in [2.75, 3.05) is 6.61 Å². The number of aliphatic hydroxyl groups excluding tert-OH is 1. The largest absolute Gasteiger partial charge is 0.394 e. The highest BCUT2D eigenvalue weighted by atomic mass is 32.2. The normalized spacial score (nSPS) is 13.3. The first-order valence-electron chi connectivity index (χ1n) is 6.09. The SMILES string of the molecule is CC(NS(=O)(=O)c1cnn(CCO)c1)c1ccccn1. The molecule has 0 bridgehead atoms. The van der Waals surface area contributed by atoms with Crippen LogP contribution in [0.1, 0.15) is 18.7 Å². The number of hydrogen-bond acceptors (Lipinski definition) is 5. The van der Waals surface area contributed by atoms with Crippen molar-refractivity contribution in [1.29, 1.82) is 0 Å². The van der Waals surface area contributed by atoms with Crippen LogP contribution in [0.4, 0.5) is 0 Å². The van der Waals surface area contributed by atoms with Crippen LogP contribution in [-0.2, 0) is 16.6 Å². The molecule has 1 atom stereocenters. The summed E-state index contributed by atoms with van der Waals surface area (Å²) in [5, 5.41) is 12.7. The van der Waals surface area contributed by atoms with E-state index in [0.29, 0.717) is 5.69 Å². The molecule has 2 rings (SSSR count). The zero-order chi connectivity index (χ0) is 14.6. The van der Waals surface area contributed by atoms with Crippen LogP contribution in [0.3, 0.4) is 0 Å². The molecule has 0 saturated carbocycles. The van der Waals surface area contributed by atoms with Crippen LogP contribution < -0.4 is 4.72 Å². The standard InChI is InChI=1S/C12H16N4O3S/c1-10(12-4-2-3-5-13-12)15-20(18,19)11-8-14-16(9-11)6-7-17/h2-5,8-10,15,17H,6-7H2,1H3. The van der Waals surface area contributed by atoms with Gasteiger partial charge in [0, 0.05) is 12.4 Å². The van der Waals surface area contributed by atoms with E-state index in [1.54, 1.807) is 31.3 Å². The minimum atomic E-state index is -3.66. The van der Waals surface area contributed by atoms with E-state index in [-0.39, 0.29) is 18.0 Å². The molecule has 0 aromatic carbocycles. The molecule has 2 aromatic rings. The third-order valence-corrected chi connectivity index (χ3v) is 4.21. The summed E-state index contributed by atoms with van der Waals surface area (Å²) in [6.07, 6.45) is 4.24. The van der Waals surface area contributed by atoms with Crippen LogP contribution in [0.25, 0.3) is 0 Å². The lowest BCUT2D eigenvalue weighted by Crippen LogP contribution is -2.27. The van der Waals surface area contributed by atoms with E-state index in [4.69, 9.17) is 5.11 Å². The third kappa shape index (κ3) is 3.41. The van der Waals surface area contributed by atoms with Crippen molar-refractivity contribution in [3.63, 3.8) is 0 Å². The second-order valence-corrected chi connectivity index (χ2v) is 5.97. The second kappa shape index (κ2) is 6.12. The van der Waals surface area contributed by atoms with E-state index >= 15 is 0 Å². The molecule has 0 aliphatic heterocycles.